The van der Waals surface area contributed by atoms with E-state index in [1.807, 2.05) is 52.0 Å². The summed E-state index contributed by atoms with van der Waals surface area (Å²) in [6, 6.07) is 7.61. The van der Waals surface area contributed by atoms with E-state index in [1.165, 1.54) is 0 Å². The lowest BCUT2D eigenvalue weighted by Crippen LogP contribution is -2.36. The molecular formula is C16H28IN5O. The molecule has 23 heavy (non-hydrogen) atoms. The number of carbonyl (C=O) groups excluding carboxylic acids is 1. The normalized spacial score (nSPS) is 9.61. The van der Waals surface area contributed by atoms with Crippen LogP contribution in [0.3, 0.4) is 0 Å². The van der Waals surface area contributed by atoms with Crippen molar-refractivity contribution in [1.29, 1.82) is 0 Å². The first-order chi connectivity index (χ1) is 10.5. The van der Waals surface area contributed by atoms with Crippen LogP contribution in [-0.2, 0) is 6.54 Å². The van der Waals surface area contributed by atoms with Crippen LogP contribution in [-0.4, -0.2) is 31.1 Å². The Morgan fingerprint density at radius 2 is 1.65 bits per heavy atom. The molecule has 4 N–H and O–H groups in total. The summed E-state index contributed by atoms with van der Waals surface area (Å²) in [6.07, 6.45) is 0. The van der Waals surface area contributed by atoms with Crippen LogP contribution in [0.2, 0.25) is 0 Å². The minimum absolute atomic E-state index is 0. The smallest absolute Gasteiger partial charge is 0.319 e. The second kappa shape index (κ2) is 12.0. The van der Waals surface area contributed by atoms with Gasteiger partial charge in [-0.2, -0.15) is 0 Å². The van der Waals surface area contributed by atoms with Gasteiger partial charge in [0.25, 0.3) is 0 Å². The number of hydrogen-bond donors (Lipinski definition) is 4. The number of nitrogens with one attached hydrogen (secondary N) is 4. The molecule has 0 atom stereocenters. The van der Waals surface area contributed by atoms with Gasteiger partial charge >= 0.3 is 6.03 Å². The predicted molar refractivity (Wildman–Crippen MR) is 108 cm³/mol. The SMILES string of the molecule is CCNC(=NCc1ccc(NC(=O)NC(C)C)cc1)NCC.I. The summed E-state index contributed by atoms with van der Waals surface area (Å²) in [4.78, 5) is 16.1. The molecule has 130 valence electrons. The molecule has 0 aliphatic rings. The van der Waals surface area contributed by atoms with E-state index in [4.69, 9.17) is 0 Å². The van der Waals surface area contributed by atoms with E-state index in [9.17, 15) is 4.79 Å². The van der Waals surface area contributed by atoms with E-state index in [0.29, 0.717) is 6.54 Å². The Hall–Kier alpha value is -1.51. The molecule has 7 heteroatoms. The van der Waals surface area contributed by atoms with E-state index in [0.717, 1.165) is 30.3 Å². The van der Waals surface area contributed by atoms with Gasteiger partial charge in [0.15, 0.2) is 5.96 Å². The molecule has 2 amide bonds. The standard InChI is InChI=1S/C16H27N5O.HI/c1-5-17-15(18-6-2)19-11-13-7-9-14(10-8-13)21-16(22)20-12(3)4;/h7-10,12H,5-6,11H2,1-4H3,(H2,17,18,19)(H2,20,21,22);1H. The number of rotatable bonds is 6. The van der Waals surface area contributed by atoms with Crippen LogP contribution < -0.4 is 21.3 Å². The van der Waals surface area contributed by atoms with Crippen molar-refractivity contribution in [2.75, 3.05) is 18.4 Å². The van der Waals surface area contributed by atoms with Crippen molar-refractivity contribution in [2.45, 2.75) is 40.3 Å². The minimum atomic E-state index is -0.192. The van der Waals surface area contributed by atoms with Crippen molar-refractivity contribution in [3.8, 4) is 0 Å². The molecule has 1 aromatic carbocycles. The highest BCUT2D eigenvalue weighted by Gasteiger charge is 2.03. The number of carbonyl (C=O) groups is 1. The summed E-state index contributed by atoms with van der Waals surface area (Å²) in [7, 11) is 0. The molecule has 0 bridgehead atoms. The quantitative estimate of drug-likeness (QED) is 0.317. The highest BCUT2D eigenvalue weighted by atomic mass is 127. The van der Waals surface area contributed by atoms with Gasteiger partial charge in [-0.25, -0.2) is 9.79 Å². The fourth-order valence-corrected chi connectivity index (χ4v) is 1.80. The number of aliphatic imine (C=N–C) groups is 1. The molecule has 0 saturated carbocycles. The molecule has 0 radical (unpaired) electrons. The Kier molecular flexibility index (Phi) is 11.2. The monoisotopic (exact) mass is 433 g/mol. The lowest BCUT2D eigenvalue weighted by Gasteiger charge is -2.11. The zero-order valence-electron chi connectivity index (χ0n) is 14.3. The Morgan fingerprint density at radius 1 is 1.09 bits per heavy atom. The molecule has 0 aliphatic carbocycles. The number of guanidine groups is 1. The van der Waals surface area contributed by atoms with Crippen LogP contribution in [0.15, 0.2) is 29.3 Å². The van der Waals surface area contributed by atoms with Gasteiger partial charge in [-0.15, -0.1) is 24.0 Å². The van der Waals surface area contributed by atoms with Crippen LogP contribution in [0, 0.1) is 0 Å². The van der Waals surface area contributed by atoms with Crippen molar-refractivity contribution in [1.82, 2.24) is 16.0 Å². The average Bonchev–Trinajstić information content (AvgIpc) is 2.46. The number of anilines is 1. The van der Waals surface area contributed by atoms with Crippen LogP contribution in [0.1, 0.15) is 33.3 Å². The Morgan fingerprint density at radius 3 is 2.13 bits per heavy atom. The van der Waals surface area contributed by atoms with Gasteiger partial charge in [0, 0.05) is 24.8 Å². The van der Waals surface area contributed by atoms with Crippen LogP contribution in [0.4, 0.5) is 10.5 Å². The predicted octanol–water partition coefficient (Wildman–Crippen LogP) is 2.91. The summed E-state index contributed by atoms with van der Waals surface area (Å²) in [5, 5.41) is 11.9. The molecule has 0 unspecified atom stereocenters. The molecule has 0 aliphatic heterocycles. The molecule has 0 aromatic heterocycles. The zero-order valence-corrected chi connectivity index (χ0v) is 16.6. The zero-order chi connectivity index (χ0) is 16.4. The van der Waals surface area contributed by atoms with E-state index >= 15 is 0 Å². The van der Waals surface area contributed by atoms with Crippen LogP contribution in [0.5, 0.6) is 0 Å². The number of nitrogens with zero attached hydrogens (tertiary/aromatic N) is 1. The molecule has 0 fully saturated rings. The Labute approximate surface area is 155 Å². The van der Waals surface area contributed by atoms with Crippen LogP contribution >= 0.6 is 24.0 Å². The molecule has 6 nitrogen and oxygen atoms in total. The largest absolute Gasteiger partial charge is 0.357 e. The summed E-state index contributed by atoms with van der Waals surface area (Å²) < 4.78 is 0. The number of benzene rings is 1. The van der Waals surface area contributed by atoms with Crippen molar-refractivity contribution in [2.24, 2.45) is 4.99 Å². The van der Waals surface area contributed by atoms with Crippen molar-refractivity contribution in [3.63, 3.8) is 0 Å². The van der Waals surface area contributed by atoms with E-state index < -0.39 is 0 Å². The summed E-state index contributed by atoms with van der Waals surface area (Å²) in [6.45, 7) is 10.2. The van der Waals surface area contributed by atoms with Gasteiger partial charge in [0.05, 0.1) is 6.54 Å². The lowest BCUT2D eigenvalue weighted by molar-refractivity contribution is 0.250. The highest BCUT2D eigenvalue weighted by Crippen LogP contribution is 2.10. The highest BCUT2D eigenvalue weighted by molar-refractivity contribution is 14.0. The number of hydrogen-bond acceptors (Lipinski definition) is 2. The molecule has 0 spiro atoms. The van der Waals surface area contributed by atoms with Crippen molar-refractivity contribution >= 4 is 41.7 Å². The Bertz CT molecular complexity index is 480. The second-order valence-corrected chi connectivity index (χ2v) is 5.18. The third-order valence-electron chi connectivity index (χ3n) is 2.74. The summed E-state index contributed by atoms with van der Waals surface area (Å²) >= 11 is 0. The third-order valence-corrected chi connectivity index (χ3v) is 2.74. The molecule has 0 heterocycles. The first kappa shape index (κ1) is 21.5. The van der Waals surface area contributed by atoms with Crippen molar-refractivity contribution in [3.05, 3.63) is 29.8 Å². The van der Waals surface area contributed by atoms with E-state index in [1.54, 1.807) is 0 Å². The van der Waals surface area contributed by atoms with Gasteiger partial charge in [-0.1, -0.05) is 12.1 Å². The van der Waals surface area contributed by atoms with Gasteiger partial charge < -0.3 is 21.3 Å². The van der Waals surface area contributed by atoms with Gasteiger partial charge in [-0.3, -0.25) is 0 Å². The number of urea groups is 1. The third kappa shape index (κ3) is 9.27. The summed E-state index contributed by atoms with van der Waals surface area (Å²) in [5.74, 6) is 0.809. The van der Waals surface area contributed by atoms with Gasteiger partial charge in [-0.05, 0) is 45.4 Å². The fourth-order valence-electron chi connectivity index (χ4n) is 1.80. The van der Waals surface area contributed by atoms with E-state index in [-0.39, 0.29) is 36.0 Å². The Balaban J connectivity index is 0.00000484. The average molecular weight is 433 g/mol. The first-order valence-electron chi connectivity index (χ1n) is 7.73. The topological polar surface area (TPSA) is 77.5 Å². The molecule has 1 rings (SSSR count). The first-order valence-corrected chi connectivity index (χ1v) is 7.73. The maximum absolute atomic E-state index is 11.6. The molecular weight excluding hydrogens is 405 g/mol. The molecule has 1 aromatic rings. The maximum atomic E-state index is 11.6. The lowest BCUT2D eigenvalue weighted by atomic mass is 10.2. The second-order valence-electron chi connectivity index (χ2n) is 5.18. The minimum Gasteiger partial charge on any atom is -0.357 e. The number of halogens is 1. The van der Waals surface area contributed by atoms with Gasteiger partial charge in [0.1, 0.15) is 0 Å². The van der Waals surface area contributed by atoms with E-state index in [2.05, 4.69) is 26.3 Å². The number of amides is 2. The molecule has 0 saturated heterocycles. The van der Waals surface area contributed by atoms with Gasteiger partial charge in [0.2, 0.25) is 0 Å². The summed E-state index contributed by atoms with van der Waals surface area (Å²) in [5.41, 5.74) is 1.85. The van der Waals surface area contributed by atoms with Crippen molar-refractivity contribution < 1.29 is 4.79 Å². The van der Waals surface area contributed by atoms with Crippen LogP contribution in [0.25, 0.3) is 0 Å². The maximum Gasteiger partial charge on any atom is 0.319 e. The fraction of sp³-hybridized carbons (Fsp3) is 0.500.